The number of nitrogens with two attached hydrogens (primary N) is 1. The monoisotopic (exact) mass is 570 g/mol. The molecule has 228 valence electrons. The number of thiocarbonyl (C=S) groups is 1. The molecule has 0 amide bonds. The fraction of sp³-hybridized carbons (Fsp3) is 0.971. The third-order valence-corrected chi connectivity index (χ3v) is 8.46. The Morgan fingerprint density at radius 1 is 0.368 bits per heavy atom. The van der Waals surface area contributed by atoms with Crippen molar-refractivity contribution in [1.29, 1.82) is 0 Å². The lowest BCUT2D eigenvalue weighted by atomic mass is 10.0. The Hall–Kier alpha value is 0.200. The molecule has 0 atom stereocenters. The fourth-order valence-electron chi connectivity index (χ4n) is 5.59. The van der Waals surface area contributed by atoms with Crippen LogP contribution in [0.5, 0.6) is 0 Å². The van der Waals surface area contributed by atoms with E-state index in [1.807, 2.05) is 0 Å². The van der Waals surface area contributed by atoms with Crippen molar-refractivity contribution in [2.75, 3.05) is 13.1 Å². The molecular weight excluding hydrogens is 501 g/mol. The molecule has 0 bridgehead atoms. The zero-order valence-corrected chi connectivity index (χ0v) is 27.5. The van der Waals surface area contributed by atoms with Crippen LogP contribution in [0.1, 0.15) is 199 Å². The zero-order valence-electron chi connectivity index (χ0n) is 25.8. The van der Waals surface area contributed by atoms with Crippen molar-refractivity contribution in [3.8, 4) is 0 Å². The van der Waals surface area contributed by atoms with Gasteiger partial charge in [-0.3, -0.25) is 0 Å². The molecule has 0 aliphatic rings. The van der Waals surface area contributed by atoms with Gasteiger partial charge in [0, 0.05) is 6.54 Å². The number of nitrogens with one attached hydrogen (secondary N) is 1. The Labute approximate surface area is 251 Å². The standard InChI is InChI=1S/C34H70N2S2/c35-32-30-28-26-24-22-20-18-16-14-12-10-8-6-4-2-1-3-5-7-9-11-13-15-17-19-21-23-25-27-29-31-33-36-34(37)38/h1-33,35H2,(H2,36,37,38). The average molecular weight is 571 g/mol. The summed E-state index contributed by atoms with van der Waals surface area (Å²) in [6.45, 7) is 1.86. The summed E-state index contributed by atoms with van der Waals surface area (Å²) >= 11 is 8.98. The van der Waals surface area contributed by atoms with Crippen molar-refractivity contribution in [2.45, 2.75) is 199 Å². The van der Waals surface area contributed by atoms with E-state index in [4.69, 9.17) is 18.0 Å². The minimum Gasteiger partial charge on any atom is -0.371 e. The van der Waals surface area contributed by atoms with Crippen molar-refractivity contribution >= 4 is 29.2 Å². The van der Waals surface area contributed by atoms with E-state index >= 15 is 0 Å². The smallest absolute Gasteiger partial charge is 0.130 e. The second-order valence-corrected chi connectivity index (χ2v) is 13.1. The molecule has 38 heavy (non-hydrogen) atoms. The average Bonchev–Trinajstić information content (AvgIpc) is 2.91. The van der Waals surface area contributed by atoms with Gasteiger partial charge in [0.25, 0.3) is 0 Å². The fourth-order valence-corrected chi connectivity index (χ4v) is 5.81. The van der Waals surface area contributed by atoms with E-state index in [1.165, 1.54) is 199 Å². The molecule has 0 aromatic carbocycles. The van der Waals surface area contributed by atoms with Gasteiger partial charge in [-0.2, -0.15) is 0 Å². The molecule has 0 aromatic heterocycles. The maximum atomic E-state index is 5.54. The molecule has 0 aromatic rings. The molecule has 0 unspecified atom stereocenters. The molecule has 2 nitrogen and oxygen atoms in total. The minimum atomic E-state index is 0.629. The highest BCUT2D eigenvalue weighted by Crippen LogP contribution is 2.16. The van der Waals surface area contributed by atoms with Gasteiger partial charge in [0.2, 0.25) is 0 Å². The van der Waals surface area contributed by atoms with Crippen molar-refractivity contribution < 1.29 is 0 Å². The Balaban J connectivity index is 3.02. The van der Waals surface area contributed by atoms with Gasteiger partial charge in [-0.15, -0.1) is 12.6 Å². The first-order valence-electron chi connectivity index (χ1n) is 17.4. The molecule has 4 heteroatoms. The number of hydrogen-bond acceptors (Lipinski definition) is 2. The van der Waals surface area contributed by atoms with E-state index in [-0.39, 0.29) is 0 Å². The van der Waals surface area contributed by atoms with Gasteiger partial charge >= 0.3 is 0 Å². The number of hydrogen-bond donors (Lipinski definition) is 3. The maximum absolute atomic E-state index is 5.54. The third kappa shape index (κ3) is 36.2. The molecule has 0 heterocycles. The van der Waals surface area contributed by atoms with E-state index < -0.39 is 0 Å². The van der Waals surface area contributed by atoms with Crippen LogP contribution in [0.4, 0.5) is 0 Å². The van der Waals surface area contributed by atoms with E-state index in [9.17, 15) is 0 Å². The second kappa shape index (κ2) is 35.2. The van der Waals surface area contributed by atoms with Gasteiger partial charge in [-0.25, -0.2) is 0 Å². The summed E-state index contributed by atoms with van der Waals surface area (Å²) in [5.74, 6) is 0. The first kappa shape index (κ1) is 38.2. The SMILES string of the molecule is NCCCCCCCCCCCCCCCCCCCCCCCCCCCCCCCCCNC(=S)S. The summed E-state index contributed by atoms with van der Waals surface area (Å²) in [5, 5.41) is 3.11. The normalized spacial score (nSPS) is 11.3. The van der Waals surface area contributed by atoms with Gasteiger partial charge in [-0.1, -0.05) is 198 Å². The highest BCUT2D eigenvalue weighted by molar-refractivity contribution is 8.11. The Morgan fingerprint density at radius 2 is 0.553 bits per heavy atom. The first-order valence-corrected chi connectivity index (χ1v) is 18.3. The molecule has 0 spiro atoms. The van der Waals surface area contributed by atoms with E-state index in [1.54, 1.807) is 0 Å². The molecule has 0 aliphatic carbocycles. The van der Waals surface area contributed by atoms with Crippen LogP contribution in [0.25, 0.3) is 0 Å². The molecule has 3 N–H and O–H groups in total. The molecule has 0 saturated carbocycles. The highest BCUT2D eigenvalue weighted by atomic mass is 32.1. The largest absolute Gasteiger partial charge is 0.371 e. The quantitative estimate of drug-likeness (QED) is 0.0417. The summed E-state index contributed by atoms with van der Waals surface area (Å²) in [6, 6.07) is 0. The molecule has 0 rings (SSSR count). The predicted molar refractivity (Wildman–Crippen MR) is 182 cm³/mol. The van der Waals surface area contributed by atoms with Gasteiger partial charge in [0.1, 0.15) is 4.32 Å². The van der Waals surface area contributed by atoms with Crippen molar-refractivity contribution in [3.63, 3.8) is 0 Å². The molecular formula is C34H70N2S2. The number of unbranched alkanes of at least 4 members (excludes halogenated alkanes) is 30. The second-order valence-electron chi connectivity index (χ2n) is 12.0. The summed E-state index contributed by atoms with van der Waals surface area (Å²) in [5.41, 5.74) is 5.54. The van der Waals surface area contributed by atoms with Crippen molar-refractivity contribution in [3.05, 3.63) is 0 Å². The minimum absolute atomic E-state index is 0.629. The third-order valence-electron chi connectivity index (χ3n) is 8.16. The Morgan fingerprint density at radius 3 is 0.737 bits per heavy atom. The molecule has 0 fully saturated rings. The molecule has 0 aliphatic heterocycles. The van der Waals surface area contributed by atoms with E-state index in [2.05, 4.69) is 17.9 Å². The predicted octanol–water partition coefficient (Wildman–Crippen LogP) is 11.8. The summed E-state index contributed by atoms with van der Waals surface area (Å²) in [4.78, 5) is 0. The summed E-state index contributed by atoms with van der Waals surface area (Å²) in [7, 11) is 0. The van der Waals surface area contributed by atoms with Gasteiger partial charge in [-0.05, 0) is 19.4 Å². The van der Waals surface area contributed by atoms with Crippen molar-refractivity contribution in [1.82, 2.24) is 5.32 Å². The lowest BCUT2D eigenvalue weighted by molar-refractivity contribution is 0.512. The summed E-state index contributed by atoms with van der Waals surface area (Å²) < 4.78 is 0.629. The van der Waals surface area contributed by atoms with Crippen LogP contribution in [0.2, 0.25) is 0 Å². The number of thiol groups is 1. The molecule has 0 radical (unpaired) electrons. The first-order chi connectivity index (χ1) is 18.8. The summed E-state index contributed by atoms with van der Waals surface area (Å²) in [6.07, 6.45) is 44.4. The van der Waals surface area contributed by atoms with Crippen LogP contribution in [0.3, 0.4) is 0 Å². The van der Waals surface area contributed by atoms with Crippen LogP contribution >= 0.6 is 24.8 Å². The lowest BCUT2D eigenvalue weighted by Crippen LogP contribution is -2.17. The van der Waals surface area contributed by atoms with Crippen molar-refractivity contribution in [2.24, 2.45) is 5.73 Å². The van der Waals surface area contributed by atoms with Crippen LogP contribution in [-0.2, 0) is 0 Å². The number of rotatable bonds is 33. The Bertz CT molecular complexity index is 444. The van der Waals surface area contributed by atoms with Crippen LogP contribution < -0.4 is 11.1 Å². The lowest BCUT2D eigenvalue weighted by Gasteiger charge is -2.05. The van der Waals surface area contributed by atoms with Crippen LogP contribution in [0, 0.1) is 0 Å². The van der Waals surface area contributed by atoms with Crippen LogP contribution in [-0.4, -0.2) is 17.4 Å². The topological polar surface area (TPSA) is 38.0 Å². The van der Waals surface area contributed by atoms with E-state index in [0.717, 1.165) is 13.1 Å². The maximum Gasteiger partial charge on any atom is 0.130 e. The molecule has 0 saturated heterocycles. The Kier molecular flexibility index (Phi) is 35.4. The zero-order chi connectivity index (χ0) is 27.6. The van der Waals surface area contributed by atoms with E-state index in [0.29, 0.717) is 4.32 Å². The van der Waals surface area contributed by atoms with Crippen LogP contribution in [0.15, 0.2) is 0 Å². The highest BCUT2D eigenvalue weighted by Gasteiger charge is 1.97. The van der Waals surface area contributed by atoms with Gasteiger partial charge < -0.3 is 11.1 Å². The van der Waals surface area contributed by atoms with Gasteiger partial charge in [0.15, 0.2) is 0 Å². The van der Waals surface area contributed by atoms with Gasteiger partial charge in [0.05, 0.1) is 0 Å².